The molecule has 0 radical (unpaired) electrons. The summed E-state index contributed by atoms with van der Waals surface area (Å²) in [5, 5.41) is 11.7. The van der Waals surface area contributed by atoms with Crippen LogP contribution in [0.1, 0.15) is 18.2 Å². The molecule has 0 aromatic carbocycles. The quantitative estimate of drug-likeness (QED) is 0.737. The topological polar surface area (TPSA) is 41.6 Å². The molecule has 0 bridgehead atoms. The maximum atomic E-state index is 12.3. The summed E-state index contributed by atoms with van der Waals surface area (Å²) in [5.74, 6) is 0. The van der Waals surface area contributed by atoms with Gasteiger partial charge in [0.15, 0.2) is 5.69 Å². The van der Waals surface area contributed by atoms with E-state index in [1.165, 1.54) is 10.9 Å². The zero-order valence-electron chi connectivity index (χ0n) is 7.47. The summed E-state index contributed by atoms with van der Waals surface area (Å²) in [7, 11) is 0. The third-order valence-electron chi connectivity index (χ3n) is 1.70. The van der Waals surface area contributed by atoms with Crippen molar-refractivity contribution in [2.75, 3.05) is 0 Å². The number of rotatable bonds is 2. The van der Waals surface area contributed by atoms with Gasteiger partial charge in [0.25, 0.3) is 0 Å². The van der Waals surface area contributed by atoms with Crippen molar-refractivity contribution < 1.29 is 13.2 Å². The maximum Gasteiger partial charge on any atom is 0.435 e. The van der Waals surface area contributed by atoms with Crippen molar-refractivity contribution in [1.82, 2.24) is 9.78 Å². The molecule has 1 rings (SSSR count). The lowest BCUT2D eigenvalue weighted by Gasteiger charge is -2.02. The number of nitriles is 1. The van der Waals surface area contributed by atoms with Gasteiger partial charge in [0, 0.05) is 18.3 Å². The van der Waals surface area contributed by atoms with Gasteiger partial charge in [-0.2, -0.15) is 23.5 Å². The van der Waals surface area contributed by atoms with E-state index in [4.69, 9.17) is 5.26 Å². The van der Waals surface area contributed by atoms with Crippen molar-refractivity contribution in [3.05, 3.63) is 17.5 Å². The monoisotopic (exact) mass is 203 g/mol. The van der Waals surface area contributed by atoms with Crippen LogP contribution in [0.3, 0.4) is 0 Å². The van der Waals surface area contributed by atoms with Gasteiger partial charge in [0.1, 0.15) is 0 Å². The molecular formula is C8H8F3N3. The number of alkyl halides is 3. The van der Waals surface area contributed by atoms with Crippen molar-refractivity contribution in [3.8, 4) is 6.07 Å². The average molecular weight is 203 g/mol. The Morgan fingerprint density at radius 1 is 1.57 bits per heavy atom. The van der Waals surface area contributed by atoms with E-state index in [1.54, 1.807) is 13.0 Å². The lowest BCUT2D eigenvalue weighted by atomic mass is 10.2. The third-order valence-corrected chi connectivity index (χ3v) is 1.70. The zero-order chi connectivity index (χ0) is 10.8. The molecule has 3 nitrogen and oxygen atoms in total. The predicted octanol–water partition coefficient (Wildman–Crippen LogP) is 1.99. The van der Waals surface area contributed by atoms with Crippen LogP contribution in [0.15, 0.2) is 6.20 Å². The lowest BCUT2D eigenvalue weighted by Crippen LogP contribution is -2.09. The SMILES string of the molecule is CCn1cc(CC#N)c(C(F)(F)F)n1. The fourth-order valence-electron chi connectivity index (χ4n) is 1.08. The number of halogens is 3. The number of hydrogen-bond donors (Lipinski definition) is 0. The standard InChI is InChI=1S/C8H8F3N3/c1-2-14-5-6(3-4-12)7(13-14)8(9,10)11/h5H,2-3H2,1H3. The first kappa shape index (κ1) is 10.6. The lowest BCUT2D eigenvalue weighted by molar-refractivity contribution is -0.142. The van der Waals surface area contributed by atoms with Gasteiger partial charge in [-0.25, -0.2) is 0 Å². The van der Waals surface area contributed by atoms with Crippen molar-refractivity contribution >= 4 is 0 Å². The molecule has 76 valence electrons. The molecule has 6 heteroatoms. The van der Waals surface area contributed by atoms with E-state index in [0.29, 0.717) is 6.54 Å². The Morgan fingerprint density at radius 3 is 2.64 bits per heavy atom. The Morgan fingerprint density at radius 2 is 2.21 bits per heavy atom. The van der Waals surface area contributed by atoms with Crippen LogP contribution in [0.4, 0.5) is 13.2 Å². The van der Waals surface area contributed by atoms with E-state index < -0.39 is 11.9 Å². The van der Waals surface area contributed by atoms with Crippen LogP contribution in [0, 0.1) is 11.3 Å². The van der Waals surface area contributed by atoms with Crippen molar-refractivity contribution in [2.24, 2.45) is 0 Å². The van der Waals surface area contributed by atoms with E-state index in [-0.39, 0.29) is 12.0 Å². The number of aryl methyl sites for hydroxylation is 1. The molecule has 1 heterocycles. The average Bonchev–Trinajstić information content (AvgIpc) is 2.48. The normalized spacial score (nSPS) is 11.4. The Bertz CT molecular complexity index is 359. The summed E-state index contributed by atoms with van der Waals surface area (Å²) in [6, 6.07) is 1.68. The molecule has 1 aromatic rings. The van der Waals surface area contributed by atoms with Crippen LogP contribution in [-0.2, 0) is 19.1 Å². The van der Waals surface area contributed by atoms with E-state index in [2.05, 4.69) is 5.10 Å². The second-order valence-electron chi connectivity index (χ2n) is 2.69. The molecule has 0 aliphatic carbocycles. The van der Waals surface area contributed by atoms with Crippen molar-refractivity contribution in [3.63, 3.8) is 0 Å². The molecule has 0 spiro atoms. The molecule has 0 N–H and O–H groups in total. The Labute approximate surface area is 78.8 Å². The zero-order valence-corrected chi connectivity index (χ0v) is 7.47. The molecule has 0 aliphatic rings. The molecule has 0 saturated heterocycles. The fraction of sp³-hybridized carbons (Fsp3) is 0.500. The summed E-state index contributed by atoms with van der Waals surface area (Å²) in [6.07, 6.45) is -3.49. The fourth-order valence-corrected chi connectivity index (χ4v) is 1.08. The number of nitrogens with zero attached hydrogens (tertiary/aromatic N) is 3. The van der Waals surface area contributed by atoms with Crippen LogP contribution in [0.2, 0.25) is 0 Å². The number of hydrogen-bond acceptors (Lipinski definition) is 2. The second-order valence-corrected chi connectivity index (χ2v) is 2.69. The van der Waals surface area contributed by atoms with E-state index in [0.717, 1.165) is 0 Å². The molecule has 1 aromatic heterocycles. The van der Waals surface area contributed by atoms with Gasteiger partial charge in [-0.05, 0) is 6.92 Å². The van der Waals surface area contributed by atoms with Crippen LogP contribution < -0.4 is 0 Å². The van der Waals surface area contributed by atoms with Gasteiger partial charge in [-0.3, -0.25) is 4.68 Å². The van der Waals surface area contributed by atoms with E-state index in [9.17, 15) is 13.2 Å². The van der Waals surface area contributed by atoms with Crippen molar-refractivity contribution in [1.29, 1.82) is 5.26 Å². The van der Waals surface area contributed by atoms with Gasteiger partial charge in [-0.15, -0.1) is 0 Å². The first-order chi connectivity index (χ1) is 6.49. The minimum Gasteiger partial charge on any atom is -0.272 e. The maximum absolute atomic E-state index is 12.3. The van der Waals surface area contributed by atoms with Crippen LogP contribution in [0.25, 0.3) is 0 Å². The molecule has 0 aliphatic heterocycles. The summed E-state index contributed by atoms with van der Waals surface area (Å²) in [4.78, 5) is 0. The first-order valence-corrected chi connectivity index (χ1v) is 3.99. The summed E-state index contributed by atoms with van der Waals surface area (Å²) in [5.41, 5.74) is -1.03. The van der Waals surface area contributed by atoms with Crippen molar-refractivity contribution in [2.45, 2.75) is 26.1 Å². The van der Waals surface area contributed by atoms with Crippen LogP contribution in [0.5, 0.6) is 0 Å². The van der Waals surface area contributed by atoms with Gasteiger partial charge in [-0.1, -0.05) is 0 Å². The van der Waals surface area contributed by atoms with Gasteiger partial charge in [0.2, 0.25) is 0 Å². The van der Waals surface area contributed by atoms with Gasteiger partial charge in [0.05, 0.1) is 12.5 Å². The molecule has 0 atom stereocenters. The molecule has 0 saturated carbocycles. The van der Waals surface area contributed by atoms with E-state index >= 15 is 0 Å². The molecule has 14 heavy (non-hydrogen) atoms. The summed E-state index contributed by atoms with van der Waals surface area (Å²) < 4.78 is 38.2. The first-order valence-electron chi connectivity index (χ1n) is 3.99. The van der Waals surface area contributed by atoms with E-state index in [1.807, 2.05) is 0 Å². The highest BCUT2D eigenvalue weighted by Crippen LogP contribution is 2.30. The van der Waals surface area contributed by atoms with Gasteiger partial charge >= 0.3 is 6.18 Å². The third kappa shape index (κ3) is 2.05. The Balaban J connectivity index is 3.14. The Hall–Kier alpha value is -1.51. The minimum absolute atomic E-state index is 0.0677. The summed E-state index contributed by atoms with van der Waals surface area (Å²) >= 11 is 0. The molecule has 0 amide bonds. The minimum atomic E-state index is -4.48. The highest BCUT2D eigenvalue weighted by Gasteiger charge is 2.36. The van der Waals surface area contributed by atoms with Gasteiger partial charge < -0.3 is 0 Å². The smallest absolute Gasteiger partial charge is 0.272 e. The highest BCUT2D eigenvalue weighted by atomic mass is 19.4. The molecule has 0 unspecified atom stereocenters. The predicted molar refractivity (Wildman–Crippen MR) is 42.2 cm³/mol. The molecular weight excluding hydrogens is 195 g/mol. The highest BCUT2D eigenvalue weighted by molar-refractivity contribution is 5.23. The number of aromatic nitrogens is 2. The second kappa shape index (κ2) is 3.70. The van der Waals surface area contributed by atoms with Crippen LogP contribution >= 0.6 is 0 Å². The van der Waals surface area contributed by atoms with Crippen LogP contribution in [-0.4, -0.2) is 9.78 Å². The largest absolute Gasteiger partial charge is 0.435 e. The summed E-state index contributed by atoms with van der Waals surface area (Å²) in [6.45, 7) is 2.04. The molecule has 0 fully saturated rings. The Kier molecular flexibility index (Phi) is 2.79.